The van der Waals surface area contributed by atoms with Crippen molar-refractivity contribution in [3.05, 3.63) is 27.7 Å². The van der Waals surface area contributed by atoms with Gasteiger partial charge in [-0.25, -0.2) is 0 Å². The van der Waals surface area contributed by atoms with Gasteiger partial charge in [0.05, 0.1) is 5.02 Å². The Morgan fingerprint density at radius 2 is 2.33 bits per heavy atom. The molecule has 0 amide bonds. The maximum absolute atomic E-state index is 6.04. The number of hydrogen-bond acceptors (Lipinski definition) is 2. The predicted molar refractivity (Wildman–Crippen MR) is 73.1 cm³/mol. The van der Waals surface area contributed by atoms with Gasteiger partial charge in [0.15, 0.2) is 0 Å². The number of hydrogen-bond donors (Lipinski definition) is 1. The van der Waals surface area contributed by atoms with Gasteiger partial charge in [-0.1, -0.05) is 11.6 Å². The molecule has 1 saturated heterocycles. The molecular formula is C11H13BrClNS. The van der Waals surface area contributed by atoms with E-state index < -0.39 is 0 Å². The molecule has 0 aromatic heterocycles. The molecular weight excluding hydrogens is 294 g/mol. The van der Waals surface area contributed by atoms with Gasteiger partial charge in [-0.2, -0.15) is 11.8 Å². The summed E-state index contributed by atoms with van der Waals surface area (Å²) in [6, 6.07) is 6.63. The Morgan fingerprint density at radius 1 is 1.47 bits per heavy atom. The topological polar surface area (TPSA) is 12.0 Å². The Labute approximate surface area is 108 Å². The first-order valence-corrected chi connectivity index (χ1v) is 7.37. The van der Waals surface area contributed by atoms with Gasteiger partial charge in [0, 0.05) is 22.0 Å². The average Bonchev–Trinajstić information content (AvgIpc) is 2.25. The van der Waals surface area contributed by atoms with E-state index in [1.807, 2.05) is 23.9 Å². The number of halogens is 2. The molecule has 1 atom stereocenters. The van der Waals surface area contributed by atoms with Crippen LogP contribution < -0.4 is 5.32 Å². The quantitative estimate of drug-likeness (QED) is 0.868. The van der Waals surface area contributed by atoms with Crippen LogP contribution in [0.1, 0.15) is 12.8 Å². The normalized spacial score (nSPS) is 21.3. The lowest BCUT2D eigenvalue weighted by Crippen LogP contribution is -2.25. The molecule has 1 aromatic rings. The maximum atomic E-state index is 6.04. The summed E-state index contributed by atoms with van der Waals surface area (Å²) in [5.41, 5.74) is 1.12. The highest BCUT2D eigenvalue weighted by Gasteiger charge is 2.13. The van der Waals surface area contributed by atoms with E-state index in [1.54, 1.807) is 0 Å². The Balaban J connectivity index is 2.00. The fourth-order valence-electron chi connectivity index (χ4n) is 1.68. The standard InChI is InChI=1S/C11H13BrClNS/c12-10-4-3-8(6-11(10)13)14-9-2-1-5-15-7-9/h3-4,6,9,14H,1-2,5,7H2. The summed E-state index contributed by atoms with van der Waals surface area (Å²) in [6.45, 7) is 0. The van der Waals surface area contributed by atoms with Crippen LogP contribution in [0.3, 0.4) is 0 Å². The van der Waals surface area contributed by atoms with E-state index in [0.717, 1.165) is 15.2 Å². The summed E-state index contributed by atoms with van der Waals surface area (Å²) in [7, 11) is 0. The summed E-state index contributed by atoms with van der Waals surface area (Å²) >= 11 is 11.5. The lowest BCUT2D eigenvalue weighted by atomic mass is 10.2. The molecule has 2 rings (SSSR count). The van der Waals surface area contributed by atoms with Crippen LogP contribution in [0.15, 0.2) is 22.7 Å². The molecule has 82 valence electrons. The largest absolute Gasteiger partial charge is 0.381 e. The molecule has 1 nitrogen and oxygen atoms in total. The van der Waals surface area contributed by atoms with Crippen molar-refractivity contribution < 1.29 is 0 Å². The van der Waals surface area contributed by atoms with E-state index in [2.05, 4.69) is 27.3 Å². The Hall–Kier alpha value is 0.140. The Bertz CT molecular complexity index is 339. The lowest BCUT2D eigenvalue weighted by Gasteiger charge is -2.23. The van der Waals surface area contributed by atoms with E-state index in [1.165, 1.54) is 24.3 Å². The number of benzene rings is 1. The van der Waals surface area contributed by atoms with Crippen LogP contribution in [0, 0.1) is 0 Å². The average molecular weight is 307 g/mol. The fraction of sp³-hybridized carbons (Fsp3) is 0.455. The molecule has 0 aliphatic carbocycles. The molecule has 1 aromatic carbocycles. The van der Waals surface area contributed by atoms with Crippen molar-refractivity contribution in [1.29, 1.82) is 0 Å². The molecule has 1 aliphatic heterocycles. The van der Waals surface area contributed by atoms with Gasteiger partial charge in [0.25, 0.3) is 0 Å². The second-order valence-electron chi connectivity index (χ2n) is 3.69. The minimum absolute atomic E-state index is 0.598. The van der Waals surface area contributed by atoms with Crippen molar-refractivity contribution in [2.24, 2.45) is 0 Å². The predicted octanol–water partition coefficient (Wildman–Crippen LogP) is 4.41. The number of rotatable bonds is 2. The zero-order valence-corrected chi connectivity index (χ0v) is 11.5. The van der Waals surface area contributed by atoms with Gasteiger partial charge in [-0.15, -0.1) is 0 Å². The van der Waals surface area contributed by atoms with Crippen molar-refractivity contribution in [3.63, 3.8) is 0 Å². The van der Waals surface area contributed by atoms with Crippen LogP contribution in [0.4, 0.5) is 5.69 Å². The summed E-state index contributed by atoms with van der Waals surface area (Å²) in [5.74, 6) is 2.51. The zero-order chi connectivity index (χ0) is 10.7. The van der Waals surface area contributed by atoms with E-state index >= 15 is 0 Å². The van der Waals surface area contributed by atoms with Crippen LogP contribution in [0.2, 0.25) is 5.02 Å². The third-order valence-corrected chi connectivity index (χ3v) is 4.90. The Morgan fingerprint density at radius 3 is 3.00 bits per heavy atom. The highest BCUT2D eigenvalue weighted by atomic mass is 79.9. The minimum Gasteiger partial charge on any atom is -0.381 e. The second-order valence-corrected chi connectivity index (χ2v) is 6.10. The van der Waals surface area contributed by atoms with Crippen molar-refractivity contribution in [3.8, 4) is 0 Å². The molecule has 4 heteroatoms. The van der Waals surface area contributed by atoms with E-state index in [-0.39, 0.29) is 0 Å². The monoisotopic (exact) mass is 305 g/mol. The molecule has 0 bridgehead atoms. The van der Waals surface area contributed by atoms with Gasteiger partial charge in [-0.05, 0) is 52.7 Å². The molecule has 1 aliphatic rings. The van der Waals surface area contributed by atoms with Crippen molar-refractivity contribution >= 4 is 45.0 Å². The summed E-state index contributed by atoms with van der Waals surface area (Å²) in [4.78, 5) is 0. The fourth-order valence-corrected chi connectivity index (χ4v) is 3.18. The summed E-state index contributed by atoms with van der Waals surface area (Å²) in [6.07, 6.45) is 2.58. The van der Waals surface area contributed by atoms with E-state index in [4.69, 9.17) is 11.6 Å². The van der Waals surface area contributed by atoms with E-state index in [0.29, 0.717) is 6.04 Å². The van der Waals surface area contributed by atoms with Crippen LogP contribution in [0.25, 0.3) is 0 Å². The molecule has 1 N–H and O–H groups in total. The number of thioether (sulfide) groups is 1. The molecule has 1 heterocycles. The van der Waals surface area contributed by atoms with Crippen LogP contribution in [0.5, 0.6) is 0 Å². The summed E-state index contributed by atoms with van der Waals surface area (Å²) in [5, 5.41) is 4.29. The summed E-state index contributed by atoms with van der Waals surface area (Å²) < 4.78 is 0.952. The van der Waals surface area contributed by atoms with Gasteiger partial charge in [0.2, 0.25) is 0 Å². The highest BCUT2D eigenvalue weighted by molar-refractivity contribution is 9.10. The number of anilines is 1. The molecule has 0 spiro atoms. The van der Waals surface area contributed by atoms with Crippen molar-refractivity contribution in [2.45, 2.75) is 18.9 Å². The third kappa shape index (κ3) is 3.30. The lowest BCUT2D eigenvalue weighted by molar-refractivity contribution is 0.685. The molecule has 1 unspecified atom stereocenters. The van der Waals surface area contributed by atoms with Crippen LogP contribution in [-0.2, 0) is 0 Å². The van der Waals surface area contributed by atoms with Gasteiger partial charge >= 0.3 is 0 Å². The second kappa shape index (κ2) is 5.46. The number of nitrogens with one attached hydrogen (secondary N) is 1. The maximum Gasteiger partial charge on any atom is 0.0568 e. The van der Waals surface area contributed by atoms with Crippen LogP contribution in [-0.4, -0.2) is 17.5 Å². The highest BCUT2D eigenvalue weighted by Crippen LogP contribution is 2.27. The van der Waals surface area contributed by atoms with Gasteiger partial charge < -0.3 is 5.32 Å². The molecule has 1 fully saturated rings. The van der Waals surface area contributed by atoms with Gasteiger partial charge in [-0.3, -0.25) is 0 Å². The first kappa shape index (κ1) is 11.6. The third-order valence-electron chi connectivity index (χ3n) is 2.45. The first-order valence-electron chi connectivity index (χ1n) is 5.05. The van der Waals surface area contributed by atoms with Crippen LogP contribution >= 0.6 is 39.3 Å². The minimum atomic E-state index is 0.598. The van der Waals surface area contributed by atoms with E-state index in [9.17, 15) is 0 Å². The SMILES string of the molecule is Clc1cc(NC2CCCSC2)ccc1Br. The zero-order valence-electron chi connectivity index (χ0n) is 8.30. The molecule has 15 heavy (non-hydrogen) atoms. The molecule has 0 radical (unpaired) electrons. The smallest absolute Gasteiger partial charge is 0.0568 e. The van der Waals surface area contributed by atoms with Crippen molar-refractivity contribution in [1.82, 2.24) is 0 Å². The molecule has 0 saturated carbocycles. The van der Waals surface area contributed by atoms with Gasteiger partial charge in [0.1, 0.15) is 0 Å². The van der Waals surface area contributed by atoms with Crippen molar-refractivity contribution in [2.75, 3.05) is 16.8 Å². The Kier molecular flexibility index (Phi) is 4.23. The first-order chi connectivity index (χ1) is 7.25.